The van der Waals surface area contributed by atoms with Crippen LogP contribution < -0.4 is 16.8 Å². The molecule has 156 valence electrons. The number of hydrogen-bond donors (Lipinski definition) is 3. The molecule has 30 heavy (non-hydrogen) atoms. The molecule has 0 amide bonds. The molecule has 4 rings (SSSR count). The zero-order valence-corrected chi connectivity index (χ0v) is 16.9. The van der Waals surface area contributed by atoms with Gasteiger partial charge in [-0.05, 0) is 30.2 Å². The monoisotopic (exact) mass is 408 g/mol. The number of benzene rings is 1. The fourth-order valence-corrected chi connectivity index (χ4v) is 3.28. The maximum Gasteiger partial charge on any atom is 0.146 e. The summed E-state index contributed by atoms with van der Waals surface area (Å²) in [6.07, 6.45) is 2.17. The average molecular weight is 408 g/mol. The van der Waals surface area contributed by atoms with Gasteiger partial charge in [0.2, 0.25) is 0 Å². The molecule has 0 unspecified atom stereocenters. The second-order valence-electron chi connectivity index (χ2n) is 6.94. The molecule has 0 aliphatic carbocycles. The molecule has 3 heterocycles. The van der Waals surface area contributed by atoms with E-state index in [-0.39, 0.29) is 23.0 Å². The van der Waals surface area contributed by atoms with Gasteiger partial charge in [-0.3, -0.25) is 9.88 Å². The zero-order valence-electron chi connectivity index (χ0n) is 16.9. The standard InChI is InChI=1S/C16H20FN3.C5H5N5/c1-2-12-9-13-3-4-14(17)10-15(13)19-16(12)11-20-7-5-18-6-8-20;6-1-3-4(7)9-2-10-5(3)8/h3-4,9-10,18H,2,5-8,11H2,1H3;2H,(H4,7,8,9,10). The number of anilines is 2. The predicted octanol–water partition coefficient (Wildman–Crippen LogP) is 1.85. The lowest BCUT2D eigenvalue weighted by molar-refractivity contribution is 0.230. The van der Waals surface area contributed by atoms with Crippen molar-refractivity contribution in [1.82, 2.24) is 25.2 Å². The van der Waals surface area contributed by atoms with Gasteiger partial charge >= 0.3 is 0 Å². The predicted molar refractivity (Wildman–Crippen MR) is 115 cm³/mol. The van der Waals surface area contributed by atoms with Crippen molar-refractivity contribution in [2.75, 3.05) is 37.6 Å². The summed E-state index contributed by atoms with van der Waals surface area (Å²) in [5.41, 5.74) is 13.8. The quantitative estimate of drug-likeness (QED) is 0.599. The van der Waals surface area contributed by atoms with Crippen LogP contribution in [0, 0.1) is 17.1 Å². The van der Waals surface area contributed by atoms with Crippen molar-refractivity contribution in [3.05, 3.63) is 53.2 Å². The summed E-state index contributed by atoms with van der Waals surface area (Å²) in [5, 5.41) is 12.8. The Balaban J connectivity index is 0.000000216. The van der Waals surface area contributed by atoms with Gasteiger partial charge in [0.1, 0.15) is 35.4 Å². The SMILES string of the molecule is CCc1cc2ccc(F)cc2nc1CN1CCNCC1.N#Cc1c(N)ncnc1N. The number of fused-ring (bicyclic) bond motifs is 1. The van der Waals surface area contributed by atoms with Crippen LogP contribution in [-0.4, -0.2) is 46.0 Å². The Bertz CT molecular complexity index is 1040. The Morgan fingerprint density at radius 2 is 1.87 bits per heavy atom. The molecule has 0 saturated carbocycles. The Hall–Kier alpha value is -3.35. The summed E-state index contributed by atoms with van der Waals surface area (Å²) < 4.78 is 13.4. The number of nitrogen functional groups attached to an aromatic ring is 2. The Morgan fingerprint density at radius 1 is 1.17 bits per heavy atom. The van der Waals surface area contributed by atoms with Crippen molar-refractivity contribution in [1.29, 1.82) is 5.26 Å². The van der Waals surface area contributed by atoms with Crippen molar-refractivity contribution in [2.24, 2.45) is 0 Å². The van der Waals surface area contributed by atoms with Crippen LogP contribution in [0.3, 0.4) is 0 Å². The van der Waals surface area contributed by atoms with Crippen LogP contribution in [0.15, 0.2) is 30.6 Å². The van der Waals surface area contributed by atoms with Crippen LogP contribution in [0.5, 0.6) is 0 Å². The smallest absolute Gasteiger partial charge is 0.146 e. The zero-order chi connectivity index (χ0) is 21.5. The summed E-state index contributed by atoms with van der Waals surface area (Å²) in [4.78, 5) is 14.3. The summed E-state index contributed by atoms with van der Waals surface area (Å²) >= 11 is 0. The van der Waals surface area contributed by atoms with Gasteiger partial charge in [-0.2, -0.15) is 5.26 Å². The number of halogens is 1. The molecule has 1 fully saturated rings. The van der Waals surface area contributed by atoms with Crippen LogP contribution in [0.2, 0.25) is 0 Å². The van der Waals surface area contributed by atoms with E-state index < -0.39 is 0 Å². The van der Waals surface area contributed by atoms with E-state index in [0.29, 0.717) is 0 Å². The fraction of sp³-hybridized carbons (Fsp3) is 0.333. The number of pyridine rings is 1. The molecule has 1 aliphatic heterocycles. The molecule has 5 N–H and O–H groups in total. The Morgan fingerprint density at radius 3 is 2.47 bits per heavy atom. The topological polar surface area (TPSA) is 130 Å². The van der Waals surface area contributed by atoms with Crippen LogP contribution in [-0.2, 0) is 13.0 Å². The summed E-state index contributed by atoms with van der Waals surface area (Å²) in [6, 6.07) is 8.77. The number of piperazine rings is 1. The maximum absolute atomic E-state index is 13.4. The second-order valence-corrected chi connectivity index (χ2v) is 6.94. The second kappa shape index (κ2) is 9.91. The van der Waals surface area contributed by atoms with Crippen LogP contribution in [0.4, 0.5) is 16.0 Å². The van der Waals surface area contributed by atoms with Crippen molar-refractivity contribution in [2.45, 2.75) is 19.9 Å². The third kappa shape index (κ3) is 5.17. The van der Waals surface area contributed by atoms with E-state index in [4.69, 9.17) is 21.7 Å². The molecular formula is C21H25FN8. The van der Waals surface area contributed by atoms with E-state index in [9.17, 15) is 4.39 Å². The third-order valence-corrected chi connectivity index (χ3v) is 4.93. The maximum atomic E-state index is 13.4. The number of nitrogens with two attached hydrogens (primary N) is 2. The number of aromatic nitrogens is 3. The molecule has 0 spiro atoms. The lowest BCUT2D eigenvalue weighted by atomic mass is 10.1. The van der Waals surface area contributed by atoms with E-state index in [1.807, 2.05) is 6.07 Å². The van der Waals surface area contributed by atoms with Crippen LogP contribution in [0.25, 0.3) is 10.9 Å². The fourth-order valence-electron chi connectivity index (χ4n) is 3.28. The number of nitriles is 1. The molecule has 2 aromatic heterocycles. The van der Waals surface area contributed by atoms with Gasteiger partial charge in [-0.15, -0.1) is 0 Å². The summed E-state index contributed by atoms with van der Waals surface area (Å²) in [6.45, 7) is 7.16. The number of nitrogens with zero attached hydrogens (tertiary/aromatic N) is 5. The summed E-state index contributed by atoms with van der Waals surface area (Å²) in [7, 11) is 0. The highest BCUT2D eigenvalue weighted by atomic mass is 19.1. The van der Waals surface area contributed by atoms with Gasteiger partial charge in [0, 0.05) is 44.2 Å². The van der Waals surface area contributed by atoms with Crippen molar-refractivity contribution < 1.29 is 4.39 Å². The molecule has 1 aliphatic rings. The molecule has 1 saturated heterocycles. The lowest BCUT2D eigenvalue weighted by Gasteiger charge is -2.27. The van der Waals surface area contributed by atoms with E-state index in [0.717, 1.165) is 55.7 Å². The summed E-state index contributed by atoms with van der Waals surface area (Å²) in [5.74, 6) is 0.0207. The van der Waals surface area contributed by atoms with Crippen molar-refractivity contribution in [3.8, 4) is 6.07 Å². The first-order valence-electron chi connectivity index (χ1n) is 9.79. The molecule has 0 radical (unpaired) electrons. The highest BCUT2D eigenvalue weighted by Gasteiger charge is 2.14. The van der Waals surface area contributed by atoms with E-state index in [1.54, 1.807) is 6.07 Å². The first-order chi connectivity index (χ1) is 14.5. The number of rotatable bonds is 3. The molecule has 0 bridgehead atoms. The van der Waals surface area contributed by atoms with Gasteiger partial charge in [-0.1, -0.05) is 6.92 Å². The van der Waals surface area contributed by atoms with Gasteiger partial charge in [0.25, 0.3) is 0 Å². The Labute approximate surface area is 174 Å². The Kier molecular flexibility index (Phi) is 7.06. The third-order valence-electron chi connectivity index (χ3n) is 4.93. The largest absolute Gasteiger partial charge is 0.382 e. The van der Waals surface area contributed by atoms with Gasteiger partial charge in [0.05, 0.1) is 11.2 Å². The van der Waals surface area contributed by atoms with Gasteiger partial charge < -0.3 is 16.8 Å². The molecule has 8 nitrogen and oxygen atoms in total. The number of nitrogens with one attached hydrogen (secondary N) is 1. The van der Waals surface area contributed by atoms with E-state index in [1.165, 1.54) is 24.0 Å². The minimum Gasteiger partial charge on any atom is -0.382 e. The first-order valence-corrected chi connectivity index (χ1v) is 9.79. The highest BCUT2D eigenvalue weighted by Crippen LogP contribution is 2.20. The molecule has 3 aromatic rings. The number of aryl methyl sites for hydroxylation is 1. The van der Waals surface area contributed by atoms with Crippen LogP contribution in [0.1, 0.15) is 23.7 Å². The number of hydrogen-bond acceptors (Lipinski definition) is 8. The lowest BCUT2D eigenvalue weighted by Crippen LogP contribution is -2.43. The highest BCUT2D eigenvalue weighted by molar-refractivity contribution is 5.79. The minimum absolute atomic E-state index is 0.120. The first kappa shape index (κ1) is 21.4. The van der Waals surface area contributed by atoms with Gasteiger partial charge in [-0.25, -0.2) is 14.4 Å². The van der Waals surface area contributed by atoms with Gasteiger partial charge in [0.15, 0.2) is 0 Å². The molecule has 9 heteroatoms. The van der Waals surface area contributed by atoms with E-state index in [2.05, 4.69) is 33.2 Å². The van der Waals surface area contributed by atoms with Crippen LogP contribution >= 0.6 is 0 Å². The van der Waals surface area contributed by atoms with Crippen molar-refractivity contribution >= 4 is 22.5 Å². The molecular weight excluding hydrogens is 383 g/mol. The molecule has 1 aromatic carbocycles. The van der Waals surface area contributed by atoms with E-state index >= 15 is 0 Å². The van der Waals surface area contributed by atoms with Crippen molar-refractivity contribution in [3.63, 3.8) is 0 Å². The molecule has 0 atom stereocenters. The normalized spacial score (nSPS) is 14.0. The minimum atomic E-state index is -0.220. The average Bonchev–Trinajstić information content (AvgIpc) is 2.74.